The van der Waals surface area contributed by atoms with Crippen molar-refractivity contribution in [3.8, 4) is 5.75 Å². The number of nitrogens with zero attached hydrogens (tertiary/aromatic N) is 1. The van der Waals surface area contributed by atoms with Crippen LogP contribution in [0.4, 0.5) is 0 Å². The second-order valence-corrected chi connectivity index (χ2v) is 5.84. The molecule has 0 radical (unpaired) electrons. The van der Waals surface area contributed by atoms with Crippen molar-refractivity contribution in [1.29, 1.82) is 0 Å². The third-order valence-corrected chi connectivity index (χ3v) is 4.37. The molecule has 1 saturated carbocycles. The van der Waals surface area contributed by atoms with Crippen LogP contribution in [0.1, 0.15) is 51.1 Å². The van der Waals surface area contributed by atoms with Crippen LogP contribution in [-0.2, 0) is 4.74 Å². The molecular weight excluding hydrogens is 252 g/mol. The molecule has 0 saturated heterocycles. The highest BCUT2D eigenvalue weighted by molar-refractivity contribution is 5.28. The smallest absolute Gasteiger partial charge is 0.137 e. The van der Waals surface area contributed by atoms with Crippen molar-refractivity contribution in [2.24, 2.45) is 11.7 Å². The first-order valence-electron chi connectivity index (χ1n) is 7.50. The third kappa shape index (κ3) is 3.13. The largest absolute Gasteiger partial charge is 0.492 e. The highest BCUT2D eigenvalue weighted by Gasteiger charge is 2.41. The minimum absolute atomic E-state index is 0.164. The Hall–Kier alpha value is -1.13. The van der Waals surface area contributed by atoms with Crippen molar-refractivity contribution < 1.29 is 9.47 Å². The molecule has 4 nitrogen and oxygen atoms in total. The van der Waals surface area contributed by atoms with Crippen molar-refractivity contribution in [3.63, 3.8) is 0 Å². The van der Waals surface area contributed by atoms with Crippen LogP contribution in [0.15, 0.2) is 18.5 Å². The molecule has 3 atom stereocenters. The van der Waals surface area contributed by atoms with Crippen LogP contribution < -0.4 is 10.5 Å². The maximum atomic E-state index is 6.52. The summed E-state index contributed by atoms with van der Waals surface area (Å²) in [5.74, 6) is 1.42. The number of hydrogen-bond donors (Lipinski definition) is 1. The van der Waals surface area contributed by atoms with Gasteiger partial charge in [-0.25, -0.2) is 0 Å². The molecule has 1 aliphatic carbocycles. The SMILES string of the molecule is CCOc1cncc(C(N)C2(OC)CCCC(C)C2)c1. The number of methoxy groups -OCH3 is 1. The molecule has 0 amide bonds. The Kier molecular flexibility index (Phi) is 5.00. The van der Waals surface area contributed by atoms with E-state index in [1.54, 1.807) is 13.3 Å². The number of ether oxygens (including phenoxy) is 2. The molecule has 1 aromatic rings. The minimum atomic E-state index is -0.274. The molecule has 1 aliphatic rings. The lowest BCUT2D eigenvalue weighted by Gasteiger charge is -2.43. The first-order chi connectivity index (χ1) is 9.61. The van der Waals surface area contributed by atoms with Crippen molar-refractivity contribution >= 4 is 0 Å². The summed E-state index contributed by atoms with van der Waals surface area (Å²) < 4.78 is 11.4. The van der Waals surface area contributed by atoms with Gasteiger partial charge < -0.3 is 15.2 Å². The lowest BCUT2D eigenvalue weighted by molar-refractivity contribution is -0.0719. The van der Waals surface area contributed by atoms with E-state index in [9.17, 15) is 0 Å². The van der Waals surface area contributed by atoms with Gasteiger partial charge in [-0.15, -0.1) is 0 Å². The van der Waals surface area contributed by atoms with Gasteiger partial charge in [-0.1, -0.05) is 19.8 Å². The van der Waals surface area contributed by atoms with Gasteiger partial charge >= 0.3 is 0 Å². The fraction of sp³-hybridized carbons (Fsp3) is 0.688. The zero-order chi connectivity index (χ0) is 14.6. The summed E-state index contributed by atoms with van der Waals surface area (Å²) >= 11 is 0. The Morgan fingerprint density at radius 3 is 2.95 bits per heavy atom. The molecule has 2 N–H and O–H groups in total. The Labute approximate surface area is 121 Å². The molecule has 1 heterocycles. The minimum Gasteiger partial charge on any atom is -0.492 e. The van der Waals surface area contributed by atoms with E-state index < -0.39 is 0 Å². The van der Waals surface area contributed by atoms with Gasteiger partial charge in [-0.05, 0) is 37.3 Å². The second kappa shape index (κ2) is 6.55. The van der Waals surface area contributed by atoms with Crippen LogP contribution in [0.25, 0.3) is 0 Å². The molecule has 3 unspecified atom stereocenters. The topological polar surface area (TPSA) is 57.4 Å². The Morgan fingerprint density at radius 1 is 1.50 bits per heavy atom. The number of nitrogens with two attached hydrogens (primary N) is 1. The van der Waals surface area contributed by atoms with Gasteiger partial charge in [0.15, 0.2) is 0 Å². The Bertz CT molecular complexity index is 438. The molecule has 20 heavy (non-hydrogen) atoms. The molecule has 0 aliphatic heterocycles. The average Bonchev–Trinajstić information content (AvgIpc) is 2.47. The summed E-state index contributed by atoms with van der Waals surface area (Å²) in [6.45, 7) is 4.87. The highest BCUT2D eigenvalue weighted by Crippen LogP contribution is 2.42. The molecule has 2 rings (SSSR count). The monoisotopic (exact) mass is 278 g/mol. The molecule has 1 fully saturated rings. The zero-order valence-corrected chi connectivity index (χ0v) is 12.8. The summed E-state index contributed by atoms with van der Waals surface area (Å²) in [6.07, 6.45) is 7.99. The number of rotatable bonds is 5. The van der Waals surface area contributed by atoms with Gasteiger partial charge in [0, 0.05) is 13.3 Å². The van der Waals surface area contributed by atoms with Crippen LogP contribution in [0.2, 0.25) is 0 Å². The Balaban J connectivity index is 2.23. The van der Waals surface area contributed by atoms with Crippen LogP contribution >= 0.6 is 0 Å². The van der Waals surface area contributed by atoms with Crippen molar-refractivity contribution in [2.45, 2.75) is 51.2 Å². The first-order valence-corrected chi connectivity index (χ1v) is 7.50. The fourth-order valence-electron chi connectivity index (χ4n) is 3.29. The lowest BCUT2D eigenvalue weighted by atomic mass is 9.73. The Morgan fingerprint density at radius 2 is 2.30 bits per heavy atom. The summed E-state index contributed by atoms with van der Waals surface area (Å²) in [4.78, 5) is 4.24. The summed E-state index contributed by atoms with van der Waals surface area (Å²) in [6, 6.07) is 1.82. The maximum absolute atomic E-state index is 6.52. The van der Waals surface area contributed by atoms with E-state index in [0.717, 1.165) is 24.2 Å². The summed E-state index contributed by atoms with van der Waals surface area (Å²) in [7, 11) is 1.78. The maximum Gasteiger partial charge on any atom is 0.137 e. The number of hydrogen-bond acceptors (Lipinski definition) is 4. The molecule has 1 aromatic heterocycles. The molecule has 112 valence electrons. The van der Waals surface area contributed by atoms with Crippen LogP contribution in [0, 0.1) is 5.92 Å². The van der Waals surface area contributed by atoms with Crippen LogP contribution in [-0.4, -0.2) is 24.3 Å². The van der Waals surface area contributed by atoms with E-state index in [-0.39, 0.29) is 11.6 Å². The normalized spacial score (nSPS) is 28.1. The molecule has 0 aromatic carbocycles. The van der Waals surface area contributed by atoms with Gasteiger partial charge in [0.1, 0.15) is 5.75 Å². The second-order valence-electron chi connectivity index (χ2n) is 5.84. The van der Waals surface area contributed by atoms with Crippen LogP contribution in [0.5, 0.6) is 5.75 Å². The third-order valence-electron chi connectivity index (χ3n) is 4.37. The summed E-state index contributed by atoms with van der Waals surface area (Å²) in [5.41, 5.74) is 7.24. The van der Waals surface area contributed by atoms with Crippen molar-refractivity contribution in [2.75, 3.05) is 13.7 Å². The molecule has 0 spiro atoms. The average molecular weight is 278 g/mol. The van der Waals surface area contributed by atoms with E-state index in [1.807, 2.05) is 19.2 Å². The van der Waals surface area contributed by atoms with Gasteiger partial charge in [0.2, 0.25) is 0 Å². The van der Waals surface area contributed by atoms with E-state index in [2.05, 4.69) is 11.9 Å². The van der Waals surface area contributed by atoms with E-state index in [1.165, 1.54) is 12.8 Å². The van der Waals surface area contributed by atoms with Gasteiger partial charge in [0.25, 0.3) is 0 Å². The standard InChI is InChI=1S/C16H26N2O2/c1-4-20-14-8-13(10-18-11-14)15(17)16(19-3)7-5-6-12(2)9-16/h8,10-12,15H,4-7,9,17H2,1-3H3. The number of pyridine rings is 1. The molecule has 4 heteroatoms. The predicted octanol–water partition coefficient (Wildman–Crippen LogP) is 3.08. The van der Waals surface area contributed by atoms with Crippen molar-refractivity contribution in [3.05, 3.63) is 24.0 Å². The zero-order valence-electron chi connectivity index (χ0n) is 12.8. The van der Waals surface area contributed by atoms with Crippen LogP contribution in [0.3, 0.4) is 0 Å². The van der Waals surface area contributed by atoms with E-state index in [0.29, 0.717) is 12.5 Å². The molecular formula is C16H26N2O2. The fourth-order valence-corrected chi connectivity index (χ4v) is 3.29. The summed E-state index contributed by atoms with van der Waals surface area (Å²) in [5, 5.41) is 0. The first kappa shape index (κ1) is 15.3. The van der Waals surface area contributed by atoms with E-state index in [4.69, 9.17) is 15.2 Å². The number of aromatic nitrogens is 1. The van der Waals surface area contributed by atoms with Gasteiger partial charge in [0.05, 0.1) is 24.4 Å². The van der Waals surface area contributed by atoms with Gasteiger partial charge in [-0.3, -0.25) is 4.98 Å². The quantitative estimate of drug-likeness (QED) is 0.899. The van der Waals surface area contributed by atoms with Crippen molar-refractivity contribution in [1.82, 2.24) is 4.98 Å². The predicted molar refractivity (Wildman–Crippen MR) is 79.7 cm³/mol. The van der Waals surface area contributed by atoms with Gasteiger partial charge in [-0.2, -0.15) is 0 Å². The lowest BCUT2D eigenvalue weighted by Crippen LogP contribution is -2.46. The highest BCUT2D eigenvalue weighted by atomic mass is 16.5. The van der Waals surface area contributed by atoms with E-state index >= 15 is 0 Å². The molecule has 0 bridgehead atoms.